The van der Waals surface area contributed by atoms with E-state index in [2.05, 4.69) is 4.98 Å². The Morgan fingerprint density at radius 2 is 1.69 bits per heavy atom. The molecule has 0 bridgehead atoms. The molecule has 0 radical (unpaired) electrons. The number of rotatable bonds is 3. The summed E-state index contributed by atoms with van der Waals surface area (Å²) < 4.78 is 0. The fraction of sp³-hybridized carbons (Fsp3) is 0.214. The van der Waals surface area contributed by atoms with Gasteiger partial charge in [0, 0.05) is 18.3 Å². The highest BCUT2D eigenvalue weighted by atomic mass is 16.3. The molecule has 0 saturated heterocycles. The van der Waals surface area contributed by atoms with Gasteiger partial charge >= 0.3 is 0 Å². The minimum Gasteiger partial charge on any atom is -0.388 e. The van der Waals surface area contributed by atoms with Gasteiger partial charge in [-0.3, -0.25) is 4.98 Å². The Bertz CT molecular complexity index is 384. The second-order valence-corrected chi connectivity index (χ2v) is 3.93. The van der Waals surface area contributed by atoms with Crippen LogP contribution < -0.4 is 0 Å². The van der Waals surface area contributed by atoms with Crippen molar-refractivity contribution in [2.24, 2.45) is 0 Å². The van der Waals surface area contributed by atoms with Crippen molar-refractivity contribution in [2.45, 2.75) is 18.9 Å². The Kier molecular flexibility index (Phi) is 3.32. The predicted octanol–water partition coefficient (Wildman–Crippen LogP) is 2.92. The van der Waals surface area contributed by atoms with E-state index in [9.17, 15) is 5.11 Å². The summed E-state index contributed by atoms with van der Waals surface area (Å²) in [6, 6.07) is 13.8. The number of aliphatic hydroxyl groups is 1. The molecule has 0 fully saturated rings. The lowest BCUT2D eigenvalue weighted by Crippen LogP contribution is -2.07. The van der Waals surface area contributed by atoms with Crippen molar-refractivity contribution in [1.82, 2.24) is 4.98 Å². The van der Waals surface area contributed by atoms with E-state index in [4.69, 9.17) is 0 Å². The highest BCUT2D eigenvalue weighted by Gasteiger charge is 2.17. The maximum absolute atomic E-state index is 10.2. The first kappa shape index (κ1) is 10.8. The molecule has 0 spiro atoms. The van der Waals surface area contributed by atoms with Crippen LogP contribution >= 0.6 is 0 Å². The van der Waals surface area contributed by atoms with Crippen LogP contribution in [0.4, 0.5) is 0 Å². The maximum atomic E-state index is 10.2. The van der Waals surface area contributed by atoms with Gasteiger partial charge in [-0.05, 0) is 17.2 Å². The van der Waals surface area contributed by atoms with Gasteiger partial charge in [0.2, 0.25) is 0 Å². The second kappa shape index (κ2) is 4.90. The lowest BCUT2D eigenvalue weighted by molar-refractivity contribution is 0.151. The summed E-state index contributed by atoms with van der Waals surface area (Å²) in [7, 11) is 0. The minimum absolute atomic E-state index is 0.0744. The standard InChI is InChI=1S/C14H15NO/c1-11(12-6-3-2-4-7-12)14(16)13-8-5-9-15-10-13/h2-11,14,16H,1H3/t11-,14+/m1/s1. The van der Waals surface area contributed by atoms with Gasteiger partial charge < -0.3 is 5.11 Å². The van der Waals surface area contributed by atoms with Gasteiger partial charge in [0.25, 0.3) is 0 Å². The smallest absolute Gasteiger partial charge is 0.0870 e. The summed E-state index contributed by atoms with van der Waals surface area (Å²) in [6.07, 6.45) is 2.92. The van der Waals surface area contributed by atoms with Gasteiger partial charge in [-0.1, -0.05) is 43.3 Å². The van der Waals surface area contributed by atoms with Crippen molar-refractivity contribution in [3.05, 3.63) is 66.0 Å². The molecule has 1 aromatic carbocycles. The molecule has 2 atom stereocenters. The van der Waals surface area contributed by atoms with Crippen molar-refractivity contribution in [3.8, 4) is 0 Å². The molecule has 0 aliphatic heterocycles. The molecular formula is C14H15NO. The zero-order chi connectivity index (χ0) is 11.4. The van der Waals surface area contributed by atoms with E-state index < -0.39 is 6.10 Å². The summed E-state index contributed by atoms with van der Waals surface area (Å²) in [5.41, 5.74) is 2.00. The van der Waals surface area contributed by atoms with Crippen molar-refractivity contribution < 1.29 is 5.11 Å². The van der Waals surface area contributed by atoms with Gasteiger partial charge in [0.15, 0.2) is 0 Å². The maximum Gasteiger partial charge on any atom is 0.0870 e. The van der Waals surface area contributed by atoms with Crippen molar-refractivity contribution in [3.63, 3.8) is 0 Å². The van der Waals surface area contributed by atoms with E-state index in [0.29, 0.717) is 0 Å². The Hall–Kier alpha value is -1.67. The Morgan fingerprint density at radius 3 is 2.31 bits per heavy atom. The Labute approximate surface area is 95.6 Å². The van der Waals surface area contributed by atoms with E-state index in [-0.39, 0.29) is 5.92 Å². The van der Waals surface area contributed by atoms with Crippen LogP contribution in [0.3, 0.4) is 0 Å². The molecule has 2 rings (SSSR count). The van der Waals surface area contributed by atoms with Crippen molar-refractivity contribution in [2.75, 3.05) is 0 Å². The van der Waals surface area contributed by atoms with Gasteiger partial charge in [-0.15, -0.1) is 0 Å². The van der Waals surface area contributed by atoms with E-state index >= 15 is 0 Å². The monoisotopic (exact) mass is 213 g/mol. The number of benzene rings is 1. The average Bonchev–Trinajstić information content (AvgIpc) is 2.39. The van der Waals surface area contributed by atoms with Crippen LogP contribution in [0.2, 0.25) is 0 Å². The van der Waals surface area contributed by atoms with Crippen LogP contribution in [0.25, 0.3) is 0 Å². The topological polar surface area (TPSA) is 33.1 Å². The molecule has 0 saturated carbocycles. The molecule has 0 aliphatic carbocycles. The summed E-state index contributed by atoms with van der Waals surface area (Å²) in [6.45, 7) is 2.02. The number of hydrogen-bond donors (Lipinski definition) is 1. The molecule has 0 unspecified atom stereocenters. The summed E-state index contributed by atoms with van der Waals surface area (Å²) in [5, 5.41) is 10.2. The highest BCUT2D eigenvalue weighted by molar-refractivity contribution is 5.24. The molecule has 1 N–H and O–H groups in total. The first-order chi connectivity index (χ1) is 7.79. The van der Waals surface area contributed by atoms with Crippen molar-refractivity contribution >= 4 is 0 Å². The van der Waals surface area contributed by atoms with Gasteiger partial charge in [-0.25, -0.2) is 0 Å². The molecule has 0 aliphatic rings. The highest BCUT2D eigenvalue weighted by Crippen LogP contribution is 2.29. The van der Waals surface area contributed by atoms with E-state index in [1.54, 1.807) is 12.4 Å². The lowest BCUT2D eigenvalue weighted by Gasteiger charge is -2.19. The summed E-state index contributed by atoms with van der Waals surface area (Å²) >= 11 is 0. The largest absolute Gasteiger partial charge is 0.388 e. The third-order valence-corrected chi connectivity index (χ3v) is 2.82. The third kappa shape index (κ3) is 2.28. The number of aromatic nitrogens is 1. The molecule has 0 amide bonds. The lowest BCUT2D eigenvalue weighted by atomic mass is 9.92. The van der Waals surface area contributed by atoms with Crippen LogP contribution in [0, 0.1) is 0 Å². The van der Waals surface area contributed by atoms with E-state index in [1.165, 1.54) is 0 Å². The van der Waals surface area contributed by atoms with E-state index in [1.807, 2.05) is 49.4 Å². The molecule has 1 aromatic heterocycles. The summed E-state index contributed by atoms with van der Waals surface area (Å²) in [5.74, 6) is 0.0744. The Morgan fingerprint density at radius 1 is 1.00 bits per heavy atom. The zero-order valence-corrected chi connectivity index (χ0v) is 9.25. The SMILES string of the molecule is C[C@H](c1ccccc1)[C@H](O)c1cccnc1. The summed E-state index contributed by atoms with van der Waals surface area (Å²) in [4.78, 5) is 4.02. The molecule has 16 heavy (non-hydrogen) atoms. The van der Waals surface area contributed by atoms with Gasteiger partial charge in [0.1, 0.15) is 0 Å². The predicted molar refractivity (Wildman–Crippen MR) is 64.1 cm³/mol. The van der Waals surface area contributed by atoms with Crippen LogP contribution in [0.5, 0.6) is 0 Å². The molecule has 1 heterocycles. The molecule has 2 nitrogen and oxygen atoms in total. The first-order valence-electron chi connectivity index (χ1n) is 5.42. The molecule has 2 aromatic rings. The average molecular weight is 213 g/mol. The number of nitrogens with zero attached hydrogens (tertiary/aromatic N) is 1. The third-order valence-electron chi connectivity index (χ3n) is 2.82. The first-order valence-corrected chi connectivity index (χ1v) is 5.42. The van der Waals surface area contributed by atoms with Crippen LogP contribution in [0.15, 0.2) is 54.9 Å². The zero-order valence-electron chi connectivity index (χ0n) is 9.25. The normalized spacial score (nSPS) is 14.4. The second-order valence-electron chi connectivity index (χ2n) is 3.93. The van der Waals surface area contributed by atoms with Crippen LogP contribution in [0.1, 0.15) is 30.1 Å². The Balaban J connectivity index is 2.20. The van der Waals surface area contributed by atoms with Crippen LogP contribution in [-0.4, -0.2) is 10.1 Å². The van der Waals surface area contributed by atoms with Crippen LogP contribution in [-0.2, 0) is 0 Å². The van der Waals surface area contributed by atoms with E-state index in [0.717, 1.165) is 11.1 Å². The minimum atomic E-state index is -0.504. The number of pyridine rings is 1. The molecule has 2 heteroatoms. The van der Waals surface area contributed by atoms with Gasteiger partial charge in [0.05, 0.1) is 6.10 Å². The molecule has 82 valence electrons. The fourth-order valence-corrected chi connectivity index (χ4v) is 1.78. The van der Waals surface area contributed by atoms with Gasteiger partial charge in [-0.2, -0.15) is 0 Å². The number of hydrogen-bond acceptors (Lipinski definition) is 2. The fourth-order valence-electron chi connectivity index (χ4n) is 1.78. The number of aliphatic hydroxyl groups excluding tert-OH is 1. The molecular weight excluding hydrogens is 198 g/mol. The quantitative estimate of drug-likeness (QED) is 0.850. The van der Waals surface area contributed by atoms with Crippen molar-refractivity contribution in [1.29, 1.82) is 0 Å².